The van der Waals surface area contributed by atoms with Crippen LogP contribution < -0.4 is 16.0 Å². The molecular weight excluding hydrogens is 542 g/mol. The summed E-state index contributed by atoms with van der Waals surface area (Å²) in [5, 5.41) is 0.452. The number of rotatable bonds is 8. The Balaban J connectivity index is 1.58. The zero-order chi connectivity index (χ0) is 28.5. The first-order valence-electron chi connectivity index (χ1n) is 13.6. The van der Waals surface area contributed by atoms with E-state index < -0.39 is 11.8 Å². The van der Waals surface area contributed by atoms with E-state index in [2.05, 4.69) is 4.98 Å². The highest BCUT2D eigenvalue weighted by atomic mass is 32.1. The zero-order valence-corrected chi connectivity index (χ0v) is 24.0. The van der Waals surface area contributed by atoms with Gasteiger partial charge in [0.25, 0.3) is 5.56 Å². The largest absolute Gasteiger partial charge is 0.496 e. The van der Waals surface area contributed by atoms with Gasteiger partial charge in [-0.3, -0.25) is 9.36 Å². The molecule has 2 aromatic carbocycles. The van der Waals surface area contributed by atoms with Crippen molar-refractivity contribution in [2.45, 2.75) is 45.4 Å². The Morgan fingerprint density at radius 1 is 1.07 bits per heavy atom. The highest BCUT2D eigenvalue weighted by Crippen LogP contribution is 2.37. The van der Waals surface area contributed by atoms with Crippen LogP contribution in [-0.2, 0) is 16.0 Å². The number of nitrogens with zero attached hydrogens (tertiary/aromatic N) is 3. The molecule has 1 unspecified atom stereocenters. The predicted octanol–water partition coefficient (Wildman–Crippen LogP) is 5.43. The molecule has 1 atom stereocenters. The first-order chi connectivity index (χ1) is 20.0. The van der Waals surface area contributed by atoms with E-state index in [0.29, 0.717) is 51.2 Å². The average Bonchev–Trinajstić information content (AvgIpc) is 3.64. The molecule has 0 saturated carbocycles. The molecule has 1 saturated heterocycles. The Morgan fingerprint density at radius 2 is 1.83 bits per heavy atom. The molecule has 1 aliphatic heterocycles. The highest BCUT2D eigenvalue weighted by molar-refractivity contribution is 7.22. The number of thiophene rings is 1. The van der Waals surface area contributed by atoms with E-state index in [9.17, 15) is 9.59 Å². The van der Waals surface area contributed by atoms with Gasteiger partial charge in [0.2, 0.25) is 5.89 Å². The Bertz CT molecular complexity index is 1780. The Labute approximate surface area is 240 Å². The van der Waals surface area contributed by atoms with Crippen LogP contribution in [-0.4, -0.2) is 40.5 Å². The number of ether oxygens (including phenoxy) is 3. The molecule has 4 heterocycles. The maximum absolute atomic E-state index is 14.3. The number of aryl methyl sites for hydroxylation is 2. The molecular formula is C31H31N3O6S. The summed E-state index contributed by atoms with van der Waals surface area (Å²) in [7, 11) is 1.62. The number of fused-ring (bicyclic) bond motifs is 1. The summed E-state index contributed by atoms with van der Waals surface area (Å²) in [6.07, 6.45) is 4.01. The number of methoxy groups -OCH3 is 1. The standard InChI is InChI=1S/C31H31N3O6S/c1-19-8-10-21(11-9-19)34-29(35)26-20(2)27(28-32-14-17-39-28)41-30(26)33(31(34)36)18-25(40-22-12-15-38-16-13-22)23-6-4-5-7-24(23)37-3/h4-11,14,17,22,25H,12-13,15-16,18H2,1-3H3. The Hall–Kier alpha value is -3.99. The van der Waals surface area contributed by atoms with Gasteiger partial charge in [-0.1, -0.05) is 35.9 Å². The van der Waals surface area contributed by atoms with Gasteiger partial charge >= 0.3 is 5.69 Å². The lowest BCUT2D eigenvalue weighted by atomic mass is 10.1. The number of aromatic nitrogens is 3. The second kappa shape index (κ2) is 11.5. The van der Waals surface area contributed by atoms with Crippen molar-refractivity contribution in [2.24, 2.45) is 0 Å². The average molecular weight is 574 g/mol. The maximum Gasteiger partial charge on any atom is 0.336 e. The Morgan fingerprint density at radius 3 is 2.54 bits per heavy atom. The number of oxazole rings is 1. The quantitative estimate of drug-likeness (QED) is 0.244. The van der Waals surface area contributed by atoms with Crippen LogP contribution in [0.2, 0.25) is 0 Å². The number of hydrogen-bond donors (Lipinski definition) is 0. The van der Waals surface area contributed by atoms with Gasteiger partial charge in [-0.25, -0.2) is 14.3 Å². The van der Waals surface area contributed by atoms with E-state index in [1.54, 1.807) is 30.0 Å². The third-order valence-electron chi connectivity index (χ3n) is 7.49. The third-order valence-corrected chi connectivity index (χ3v) is 8.79. The van der Waals surface area contributed by atoms with Gasteiger partial charge in [0.1, 0.15) is 22.9 Å². The highest BCUT2D eigenvalue weighted by Gasteiger charge is 2.28. The van der Waals surface area contributed by atoms with Crippen LogP contribution in [0.25, 0.3) is 26.7 Å². The van der Waals surface area contributed by atoms with Crippen molar-refractivity contribution in [3.05, 3.63) is 98.5 Å². The van der Waals surface area contributed by atoms with Crippen LogP contribution in [0.5, 0.6) is 5.75 Å². The molecule has 9 nitrogen and oxygen atoms in total. The molecule has 1 fully saturated rings. The normalized spacial score (nSPS) is 14.9. The summed E-state index contributed by atoms with van der Waals surface area (Å²) in [5.74, 6) is 1.08. The van der Waals surface area contributed by atoms with Crippen LogP contribution in [0.15, 0.2) is 75.0 Å². The zero-order valence-electron chi connectivity index (χ0n) is 23.2. The second-order valence-electron chi connectivity index (χ2n) is 10.1. The lowest BCUT2D eigenvalue weighted by molar-refractivity contribution is -0.0752. The van der Waals surface area contributed by atoms with Crippen LogP contribution in [0.1, 0.15) is 35.6 Å². The lowest BCUT2D eigenvalue weighted by Gasteiger charge is -2.29. The number of para-hydroxylation sites is 1. The van der Waals surface area contributed by atoms with Crippen molar-refractivity contribution in [1.82, 2.24) is 14.1 Å². The molecule has 0 amide bonds. The van der Waals surface area contributed by atoms with Crippen molar-refractivity contribution >= 4 is 21.6 Å². The first kappa shape index (κ1) is 27.2. The topological polar surface area (TPSA) is 97.7 Å². The van der Waals surface area contributed by atoms with E-state index in [1.165, 1.54) is 22.2 Å². The fourth-order valence-electron chi connectivity index (χ4n) is 5.33. The van der Waals surface area contributed by atoms with Crippen LogP contribution in [0.3, 0.4) is 0 Å². The van der Waals surface area contributed by atoms with Crippen LogP contribution in [0.4, 0.5) is 0 Å². The first-order valence-corrected chi connectivity index (χ1v) is 14.4. The second-order valence-corrected chi connectivity index (χ2v) is 11.1. The number of hydrogen-bond acceptors (Lipinski definition) is 8. The summed E-state index contributed by atoms with van der Waals surface area (Å²) in [6, 6.07) is 15.0. The Kier molecular flexibility index (Phi) is 7.61. The van der Waals surface area contributed by atoms with E-state index in [4.69, 9.17) is 18.6 Å². The summed E-state index contributed by atoms with van der Waals surface area (Å²) in [4.78, 5) is 33.9. The van der Waals surface area contributed by atoms with Crippen molar-refractivity contribution in [2.75, 3.05) is 20.3 Å². The van der Waals surface area contributed by atoms with E-state index in [-0.39, 0.29) is 18.2 Å². The van der Waals surface area contributed by atoms with Gasteiger partial charge in [-0.2, -0.15) is 0 Å². The summed E-state index contributed by atoms with van der Waals surface area (Å²) < 4.78 is 26.4. The minimum absolute atomic E-state index is 0.0409. The van der Waals surface area contributed by atoms with Crippen molar-refractivity contribution in [3.63, 3.8) is 0 Å². The molecule has 6 rings (SSSR count). The summed E-state index contributed by atoms with van der Waals surface area (Å²) in [6.45, 7) is 5.24. The molecule has 0 radical (unpaired) electrons. The molecule has 3 aromatic heterocycles. The molecule has 212 valence electrons. The van der Waals surface area contributed by atoms with Gasteiger partial charge < -0.3 is 18.6 Å². The molecule has 1 aliphatic rings. The van der Waals surface area contributed by atoms with E-state index in [0.717, 1.165) is 24.0 Å². The molecule has 10 heteroatoms. The lowest BCUT2D eigenvalue weighted by Crippen LogP contribution is -2.40. The molecule has 41 heavy (non-hydrogen) atoms. The molecule has 0 bridgehead atoms. The van der Waals surface area contributed by atoms with Gasteiger partial charge in [-0.15, -0.1) is 11.3 Å². The van der Waals surface area contributed by atoms with Crippen molar-refractivity contribution in [3.8, 4) is 22.2 Å². The maximum atomic E-state index is 14.3. The minimum Gasteiger partial charge on any atom is -0.496 e. The number of benzene rings is 2. The fraction of sp³-hybridized carbons (Fsp3) is 0.323. The van der Waals surface area contributed by atoms with Gasteiger partial charge in [-0.05, 0) is 50.5 Å². The smallest absolute Gasteiger partial charge is 0.336 e. The molecule has 0 N–H and O–H groups in total. The van der Waals surface area contributed by atoms with Gasteiger partial charge in [0.05, 0.1) is 41.9 Å². The summed E-state index contributed by atoms with van der Waals surface area (Å²) >= 11 is 1.32. The van der Waals surface area contributed by atoms with Crippen molar-refractivity contribution < 1.29 is 18.6 Å². The summed E-state index contributed by atoms with van der Waals surface area (Å²) in [5.41, 5.74) is 2.26. The third kappa shape index (κ3) is 5.14. The fourth-order valence-corrected chi connectivity index (χ4v) is 6.57. The van der Waals surface area contributed by atoms with E-state index in [1.807, 2.05) is 50.2 Å². The van der Waals surface area contributed by atoms with Crippen LogP contribution in [0, 0.1) is 13.8 Å². The van der Waals surface area contributed by atoms with Gasteiger partial charge in [0, 0.05) is 18.8 Å². The SMILES string of the molecule is COc1ccccc1C(Cn1c(=O)n(-c2ccc(C)cc2)c(=O)c2c(C)c(-c3ncco3)sc21)OC1CCOCC1. The van der Waals surface area contributed by atoms with E-state index >= 15 is 0 Å². The predicted molar refractivity (Wildman–Crippen MR) is 157 cm³/mol. The monoisotopic (exact) mass is 573 g/mol. The molecule has 0 aliphatic carbocycles. The molecule has 0 spiro atoms. The van der Waals surface area contributed by atoms with Crippen LogP contribution >= 0.6 is 11.3 Å². The minimum atomic E-state index is -0.522. The molecule has 5 aromatic rings. The van der Waals surface area contributed by atoms with Crippen molar-refractivity contribution in [1.29, 1.82) is 0 Å². The van der Waals surface area contributed by atoms with Gasteiger partial charge in [0.15, 0.2) is 0 Å².